The molecule has 0 bridgehead atoms. The van der Waals surface area contributed by atoms with Gasteiger partial charge in [0.05, 0.1) is 0 Å². The van der Waals surface area contributed by atoms with Gasteiger partial charge in [-0.1, -0.05) is 0 Å². The molecule has 0 radical (unpaired) electrons. The fourth-order valence-electron chi connectivity index (χ4n) is 1.75. The minimum atomic E-state index is -0.207. The third-order valence-electron chi connectivity index (χ3n) is 2.46. The summed E-state index contributed by atoms with van der Waals surface area (Å²) >= 11 is 1.64. The smallest absolute Gasteiger partial charge is 0.310 e. The molecule has 1 aromatic heterocycles. The summed E-state index contributed by atoms with van der Waals surface area (Å²) in [5, 5.41) is 10.3. The minimum absolute atomic E-state index is 0.168. The number of amidine groups is 1. The molecular formula is C10H13N3OS. The number of hydrogen-bond acceptors (Lipinski definition) is 3. The van der Waals surface area contributed by atoms with Crippen molar-refractivity contribution in [2.75, 3.05) is 6.54 Å². The van der Waals surface area contributed by atoms with Crippen molar-refractivity contribution in [3.05, 3.63) is 21.9 Å². The fraction of sp³-hybridized carbons (Fsp3) is 0.400. The van der Waals surface area contributed by atoms with E-state index in [1.54, 1.807) is 16.2 Å². The van der Waals surface area contributed by atoms with E-state index >= 15 is 0 Å². The van der Waals surface area contributed by atoms with Crippen molar-refractivity contribution in [3.8, 4) is 0 Å². The highest BCUT2D eigenvalue weighted by Crippen LogP contribution is 2.30. The third kappa shape index (κ3) is 1.63. The summed E-state index contributed by atoms with van der Waals surface area (Å²) < 4.78 is 0. The monoisotopic (exact) mass is 223 g/mol. The standard InChI is InChI=1S/C10H13N3OS/c1-3-13-8(9(11)12-10(13)14)7-5-4-6(2)15-7/h4-5,8H,3H2,1-2H3,(H2,11,12,14). The molecule has 4 nitrogen and oxygen atoms in total. The Kier molecular flexibility index (Phi) is 2.48. The van der Waals surface area contributed by atoms with Crippen LogP contribution < -0.4 is 5.32 Å². The van der Waals surface area contributed by atoms with Crippen LogP contribution in [0.4, 0.5) is 4.79 Å². The highest BCUT2D eigenvalue weighted by atomic mass is 32.1. The number of carbonyl (C=O) groups excluding carboxylic acids is 1. The first-order valence-corrected chi connectivity index (χ1v) is 5.67. The molecule has 15 heavy (non-hydrogen) atoms. The molecule has 1 aliphatic heterocycles. The Labute approximate surface area is 92.4 Å². The van der Waals surface area contributed by atoms with Gasteiger partial charge in [0.25, 0.3) is 0 Å². The van der Waals surface area contributed by atoms with Gasteiger partial charge in [0, 0.05) is 16.3 Å². The molecule has 2 heterocycles. The lowest BCUT2D eigenvalue weighted by atomic mass is 10.2. The van der Waals surface area contributed by atoms with Gasteiger partial charge in [0.2, 0.25) is 0 Å². The van der Waals surface area contributed by atoms with Crippen LogP contribution in [0.25, 0.3) is 0 Å². The lowest BCUT2D eigenvalue weighted by molar-refractivity contribution is 0.209. The summed E-state index contributed by atoms with van der Waals surface area (Å²) in [7, 11) is 0. The van der Waals surface area contributed by atoms with E-state index in [4.69, 9.17) is 5.41 Å². The summed E-state index contributed by atoms with van der Waals surface area (Å²) in [6.07, 6.45) is 0. The van der Waals surface area contributed by atoms with Crippen LogP contribution in [0.5, 0.6) is 0 Å². The summed E-state index contributed by atoms with van der Waals surface area (Å²) in [5.41, 5.74) is 0. The first kappa shape index (κ1) is 10.2. The predicted octanol–water partition coefficient (Wildman–Crippen LogP) is 2.12. The first-order chi connectivity index (χ1) is 7.13. The molecule has 80 valence electrons. The highest BCUT2D eigenvalue weighted by Gasteiger charge is 2.36. The molecule has 1 fully saturated rings. The zero-order valence-corrected chi connectivity index (χ0v) is 9.52. The molecule has 1 atom stereocenters. The number of hydrogen-bond donors (Lipinski definition) is 2. The number of nitrogens with zero attached hydrogens (tertiary/aromatic N) is 1. The molecule has 0 spiro atoms. The Bertz CT molecular complexity index is 413. The molecular weight excluding hydrogens is 210 g/mol. The van der Waals surface area contributed by atoms with E-state index in [9.17, 15) is 4.79 Å². The maximum atomic E-state index is 11.5. The van der Waals surface area contributed by atoms with Crippen molar-refractivity contribution < 1.29 is 4.79 Å². The van der Waals surface area contributed by atoms with Crippen LogP contribution in [-0.4, -0.2) is 23.3 Å². The van der Waals surface area contributed by atoms with E-state index < -0.39 is 0 Å². The molecule has 0 aliphatic carbocycles. The minimum Gasteiger partial charge on any atom is -0.310 e. The number of nitrogens with one attached hydrogen (secondary N) is 2. The van der Waals surface area contributed by atoms with Crippen molar-refractivity contribution in [2.45, 2.75) is 19.9 Å². The van der Waals surface area contributed by atoms with E-state index in [0.717, 1.165) is 4.88 Å². The molecule has 2 amide bonds. The van der Waals surface area contributed by atoms with Crippen LogP contribution in [-0.2, 0) is 0 Å². The predicted molar refractivity (Wildman–Crippen MR) is 60.4 cm³/mol. The van der Waals surface area contributed by atoms with Crippen LogP contribution in [0.2, 0.25) is 0 Å². The molecule has 0 saturated carbocycles. The molecule has 1 aromatic rings. The second-order valence-corrected chi connectivity index (χ2v) is 4.80. The Morgan fingerprint density at radius 1 is 1.60 bits per heavy atom. The average molecular weight is 223 g/mol. The van der Waals surface area contributed by atoms with Gasteiger partial charge in [-0.05, 0) is 26.0 Å². The van der Waals surface area contributed by atoms with E-state index in [0.29, 0.717) is 6.54 Å². The lowest BCUT2D eigenvalue weighted by Gasteiger charge is -2.19. The van der Waals surface area contributed by atoms with Crippen LogP contribution in [0, 0.1) is 12.3 Å². The van der Waals surface area contributed by atoms with E-state index in [-0.39, 0.29) is 17.9 Å². The SMILES string of the molecule is CCN1C(=O)NC(=N)C1c1ccc(C)s1. The largest absolute Gasteiger partial charge is 0.323 e. The second kappa shape index (κ2) is 3.66. The Morgan fingerprint density at radius 2 is 2.33 bits per heavy atom. The zero-order valence-electron chi connectivity index (χ0n) is 8.70. The Balaban J connectivity index is 2.34. The van der Waals surface area contributed by atoms with E-state index in [2.05, 4.69) is 5.32 Å². The van der Waals surface area contributed by atoms with Crippen LogP contribution in [0.1, 0.15) is 22.7 Å². The number of urea groups is 1. The molecule has 1 aliphatic rings. The number of likely N-dealkylation sites (N-methyl/N-ethyl adjacent to an activating group) is 1. The van der Waals surface area contributed by atoms with Crippen LogP contribution >= 0.6 is 11.3 Å². The van der Waals surface area contributed by atoms with Gasteiger partial charge >= 0.3 is 6.03 Å². The maximum absolute atomic E-state index is 11.5. The first-order valence-electron chi connectivity index (χ1n) is 4.86. The molecule has 2 N–H and O–H groups in total. The summed E-state index contributed by atoms with van der Waals surface area (Å²) in [4.78, 5) is 15.4. The summed E-state index contributed by atoms with van der Waals surface area (Å²) in [6.45, 7) is 4.57. The van der Waals surface area contributed by atoms with Crippen molar-refractivity contribution in [1.29, 1.82) is 5.41 Å². The topological polar surface area (TPSA) is 56.2 Å². The van der Waals surface area contributed by atoms with Gasteiger partial charge in [-0.2, -0.15) is 0 Å². The number of carbonyl (C=O) groups is 1. The van der Waals surface area contributed by atoms with Gasteiger partial charge in [-0.3, -0.25) is 10.7 Å². The molecule has 1 unspecified atom stereocenters. The van der Waals surface area contributed by atoms with Gasteiger partial charge in [0.15, 0.2) is 0 Å². The summed E-state index contributed by atoms with van der Waals surface area (Å²) in [5.74, 6) is 0.281. The summed E-state index contributed by atoms with van der Waals surface area (Å²) in [6, 6.07) is 3.63. The number of aryl methyl sites for hydroxylation is 1. The Hall–Kier alpha value is -1.36. The van der Waals surface area contributed by atoms with Gasteiger partial charge in [-0.25, -0.2) is 4.79 Å². The van der Waals surface area contributed by atoms with Crippen molar-refractivity contribution in [2.24, 2.45) is 0 Å². The molecule has 0 aromatic carbocycles. The van der Waals surface area contributed by atoms with Gasteiger partial charge < -0.3 is 4.90 Å². The van der Waals surface area contributed by atoms with Crippen molar-refractivity contribution >= 4 is 23.2 Å². The zero-order chi connectivity index (χ0) is 11.0. The molecule has 5 heteroatoms. The van der Waals surface area contributed by atoms with Gasteiger partial charge in [0.1, 0.15) is 11.9 Å². The number of rotatable bonds is 2. The van der Waals surface area contributed by atoms with Crippen molar-refractivity contribution in [1.82, 2.24) is 10.2 Å². The average Bonchev–Trinajstić information content (AvgIpc) is 2.70. The van der Waals surface area contributed by atoms with E-state index in [1.165, 1.54) is 4.88 Å². The van der Waals surface area contributed by atoms with Crippen LogP contribution in [0.3, 0.4) is 0 Å². The Morgan fingerprint density at radius 3 is 2.87 bits per heavy atom. The quantitative estimate of drug-likeness (QED) is 0.792. The third-order valence-corrected chi connectivity index (χ3v) is 3.51. The van der Waals surface area contributed by atoms with Crippen LogP contribution in [0.15, 0.2) is 12.1 Å². The maximum Gasteiger partial charge on any atom is 0.323 e. The lowest BCUT2D eigenvalue weighted by Crippen LogP contribution is -2.29. The van der Waals surface area contributed by atoms with E-state index in [1.807, 2.05) is 26.0 Å². The van der Waals surface area contributed by atoms with Gasteiger partial charge in [-0.15, -0.1) is 11.3 Å². The second-order valence-electron chi connectivity index (χ2n) is 3.48. The highest BCUT2D eigenvalue weighted by molar-refractivity contribution is 7.12. The normalized spacial score (nSPS) is 20.9. The number of amides is 2. The fourth-order valence-corrected chi connectivity index (χ4v) is 2.75. The van der Waals surface area contributed by atoms with Crippen molar-refractivity contribution in [3.63, 3.8) is 0 Å². The molecule has 2 rings (SSSR count). The molecule has 1 saturated heterocycles. The number of thiophene rings is 1.